The maximum absolute atomic E-state index is 12.7. The van der Waals surface area contributed by atoms with Crippen molar-refractivity contribution in [2.75, 3.05) is 33.1 Å². The van der Waals surface area contributed by atoms with Crippen LogP contribution in [0.25, 0.3) is 11.3 Å². The van der Waals surface area contributed by atoms with Crippen LogP contribution in [-0.2, 0) is 6.54 Å². The standard InChI is InChI=1S/C18H19F3N4O2/c1-25-8-12-14(23-10-25)7-13(24-17(12)22-9-18(19,20)21)11-4-5-15(26-2)16(6-11)27-3/h4-7,10H,8-9H2,1-3H3,(H,22,24). The van der Waals surface area contributed by atoms with E-state index in [-0.39, 0.29) is 5.82 Å². The lowest BCUT2D eigenvalue weighted by Gasteiger charge is -2.23. The molecule has 6 nitrogen and oxygen atoms in total. The molecule has 1 aromatic heterocycles. The smallest absolute Gasteiger partial charge is 0.405 e. The van der Waals surface area contributed by atoms with Crippen molar-refractivity contribution in [1.82, 2.24) is 9.88 Å². The minimum absolute atomic E-state index is 0.165. The summed E-state index contributed by atoms with van der Waals surface area (Å²) in [4.78, 5) is 10.5. The first-order valence-corrected chi connectivity index (χ1v) is 8.12. The summed E-state index contributed by atoms with van der Waals surface area (Å²) in [5.41, 5.74) is 2.37. The minimum Gasteiger partial charge on any atom is -0.493 e. The number of benzene rings is 1. The number of ether oxygens (including phenoxy) is 2. The number of rotatable bonds is 5. The van der Waals surface area contributed by atoms with Crippen molar-refractivity contribution in [3.63, 3.8) is 0 Å². The van der Waals surface area contributed by atoms with E-state index in [9.17, 15) is 13.2 Å². The van der Waals surface area contributed by atoms with Gasteiger partial charge < -0.3 is 19.7 Å². The molecule has 0 saturated carbocycles. The number of aromatic nitrogens is 1. The molecule has 9 heteroatoms. The molecule has 2 aromatic rings. The molecule has 0 fully saturated rings. The lowest BCUT2D eigenvalue weighted by atomic mass is 10.1. The lowest BCUT2D eigenvalue weighted by molar-refractivity contribution is -0.115. The number of pyridine rings is 1. The third kappa shape index (κ3) is 4.24. The van der Waals surface area contributed by atoms with E-state index < -0.39 is 12.7 Å². The Balaban J connectivity index is 2.06. The fraction of sp³-hybridized carbons (Fsp3) is 0.333. The Morgan fingerprint density at radius 2 is 1.89 bits per heavy atom. The molecule has 0 atom stereocenters. The van der Waals surface area contributed by atoms with Crippen LogP contribution < -0.4 is 14.8 Å². The predicted octanol–water partition coefficient (Wildman–Crippen LogP) is 3.85. The molecule has 0 radical (unpaired) electrons. The number of nitrogens with zero attached hydrogens (tertiary/aromatic N) is 3. The van der Waals surface area contributed by atoms with Gasteiger partial charge in [-0.1, -0.05) is 0 Å². The monoisotopic (exact) mass is 380 g/mol. The predicted molar refractivity (Wildman–Crippen MR) is 96.9 cm³/mol. The highest BCUT2D eigenvalue weighted by molar-refractivity contribution is 5.76. The zero-order valence-electron chi connectivity index (χ0n) is 15.1. The molecule has 0 aliphatic carbocycles. The van der Waals surface area contributed by atoms with Gasteiger partial charge in [-0.15, -0.1) is 0 Å². The van der Waals surface area contributed by atoms with Gasteiger partial charge in [0, 0.05) is 24.7 Å². The Morgan fingerprint density at radius 3 is 2.56 bits per heavy atom. The summed E-state index contributed by atoms with van der Waals surface area (Å²) in [6.45, 7) is -0.756. The van der Waals surface area contributed by atoms with Crippen LogP contribution in [0, 0.1) is 0 Å². The second-order valence-corrected chi connectivity index (χ2v) is 6.05. The minimum atomic E-state index is -4.35. The molecular formula is C18H19F3N4O2. The van der Waals surface area contributed by atoms with E-state index in [0.717, 1.165) is 0 Å². The van der Waals surface area contributed by atoms with Crippen LogP contribution in [0.15, 0.2) is 29.3 Å². The topological polar surface area (TPSA) is 59.0 Å². The quantitative estimate of drug-likeness (QED) is 0.854. The molecule has 0 unspecified atom stereocenters. The third-order valence-electron chi connectivity index (χ3n) is 4.04. The normalized spacial score (nSPS) is 13.3. The van der Waals surface area contributed by atoms with Crippen molar-refractivity contribution in [2.24, 2.45) is 4.99 Å². The summed E-state index contributed by atoms with van der Waals surface area (Å²) in [6.07, 6.45) is -2.72. The van der Waals surface area contributed by atoms with E-state index in [0.29, 0.717) is 40.6 Å². The fourth-order valence-electron chi connectivity index (χ4n) is 2.75. The van der Waals surface area contributed by atoms with Crippen LogP contribution in [0.4, 0.5) is 24.7 Å². The SMILES string of the molecule is COc1ccc(-c2cc3c(c(NCC(F)(F)F)n2)CN(C)C=N3)cc1OC. The third-order valence-corrected chi connectivity index (χ3v) is 4.04. The van der Waals surface area contributed by atoms with E-state index in [4.69, 9.17) is 9.47 Å². The first-order chi connectivity index (χ1) is 12.8. The molecule has 1 aliphatic heterocycles. The molecule has 1 aromatic carbocycles. The van der Waals surface area contributed by atoms with Crippen molar-refractivity contribution in [3.05, 3.63) is 29.8 Å². The van der Waals surface area contributed by atoms with Gasteiger partial charge in [0.2, 0.25) is 0 Å². The number of nitrogens with one attached hydrogen (secondary N) is 1. The number of anilines is 1. The maximum Gasteiger partial charge on any atom is 0.405 e. The Kier molecular flexibility index (Phi) is 5.11. The van der Waals surface area contributed by atoms with Gasteiger partial charge in [-0.05, 0) is 24.3 Å². The summed E-state index contributed by atoms with van der Waals surface area (Å²) >= 11 is 0. The molecule has 2 heterocycles. The summed E-state index contributed by atoms with van der Waals surface area (Å²) < 4.78 is 48.6. The van der Waals surface area contributed by atoms with Gasteiger partial charge in [-0.2, -0.15) is 13.2 Å². The molecular weight excluding hydrogens is 361 g/mol. The second kappa shape index (κ2) is 7.34. The van der Waals surface area contributed by atoms with Gasteiger partial charge in [-0.25, -0.2) is 9.98 Å². The Hall–Kier alpha value is -2.97. The van der Waals surface area contributed by atoms with Gasteiger partial charge in [0.1, 0.15) is 12.4 Å². The van der Waals surface area contributed by atoms with Crippen molar-refractivity contribution in [3.8, 4) is 22.8 Å². The molecule has 0 bridgehead atoms. The number of aliphatic imine (C=N–C) groups is 1. The van der Waals surface area contributed by atoms with Crippen molar-refractivity contribution < 1.29 is 22.6 Å². The van der Waals surface area contributed by atoms with Crippen LogP contribution >= 0.6 is 0 Å². The van der Waals surface area contributed by atoms with Gasteiger partial charge in [0.15, 0.2) is 11.5 Å². The van der Waals surface area contributed by atoms with E-state index in [2.05, 4.69) is 15.3 Å². The summed E-state index contributed by atoms with van der Waals surface area (Å²) in [7, 11) is 4.83. The first-order valence-electron chi connectivity index (χ1n) is 8.12. The number of hydrogen-bond donors (Lipinski definition) is 1. The van der Waals surface area contributed by atoms with Gasteiger partial charge in [0.25, 0.3) is 0 Å². The van der Waals surface area contributed by atoms with E-state index in [1.807, 2.05) is 0 Å². The molecule has 27 heavy (non-hydrogen) atoms. The molecule has 1 aliphatic rings. The average Bonchev–Trinajstić information content (AvgIpc) is 2.64. The van der Waals surface area contributed by atoms with E-state index >= 15 is 0 Å². The van der Waals surface area contributed by atoms with Crippen LogP contribution in [0.5, 0.6) is 11.5 Å². The highest BCUT2D eigenvalue weighted by atomic mass is 19.4. The Bertz CT molecular complexity index is 868. The number of methoxy groups -OCH3 is 2. The number of fused-ring (bicyclic) bond motifs is 1. The van der Waals surface area contributed by atoms with Crippen molar-refractivity contribution in [1.29, 1.82) is 0 Å². The van der Waals surface area contributed by atoms with Crippen molar-refractivity contribution in [2.45, 2.75) is 12.7 Å². The summed E-state index contributed by atoms with van der Waals surface area (Å²) in [5, 5.41) is 2.40. The second-order valence-electron chi connectivity index (χ2n) is 6.05. The Labute approximate surface area is 154 Å². The Morgan fingerprint density at radius 1 is 1.15 bits per heavy atom. The van der Waals surface area contributed by atoms with E-state index in [1.54, 1.807) is 42.6 Å². The van der Waals surface area contributed by atoms with Crippen molar-refractivity contribution >= 4 is 17.8 Å². The van der Waals surface area contributed by atoms with Crippen LogP contribution in [0.1, 0.15) is 5.56 Å². The summed E-state index contributed by atoms with van der Waals surface area (Å²) in [6, 6.07) is 6.95. The molecule has 0 spiro atoms. The molecule has 144 valence electrons. The van der Waals surface area contributed by atoms with Gasteiger partial charge in [0.05, 0.1) is 31.9 Å². The number of hydrogen-bond acceptors (Lipinski definition) is 6. The maximum atomic E-state index is 12.7. The van der Waals surface area contributed by atoms with E-state index in [1.165, 1.54) is 14.2 Å². The summed E-state index contributed by atoms with van der Waals surface area (Å²) in [5.74, 6) is 1.22. The number of halogens is 3. The highest BCUT2D eigenvalue weighted by Crippen LogP contribution is 2.37. The molecule has 3 rings (SSSR count). The van der Waals surface area contributed by atoms with Gasteiger partial charge >= 0.3 is 6.18 Å². The lowest BCUT2D eigenvalue weighted by Crippen LogP contribution is -2.25. The zero-order chi connectivity index (χ0) is 19.6. The molecule has 0 saturated heterocycles. The molecule has 0 amide bonds. The first kappa shape index (κ1) is 18.8. The van der Waals surface area contributed by atoms with Crippen LogP contribution in [-0.4, -0.2) is 50.2 Å². The fourth-order valence-corrected chi connectivity index (χ4v) is 2.75. The number of alkyl halides is 3. The highest BCUT2D eigenvalue weighted by Gasteiger charge is 2.28. The largest absolute Gasteiger partial charge is 0.493 e. The molecule has 1 N–H and O–H groups in total. The average molecular weight is 380 g/mol. The van der Waals surface area contributed by atoms with Crippen LogP contribution in [0.2, 0.25) is 0 Å². The van der Waals surface area contributed by atoms with Gasteiger partial charge in [-0.3, -0.25) is 0 Å². The van der Waals surface area contributed by atoms with Crippen LogP contribution in [0.3, 0.4) is 0 Å². The zero-order valence-corrected chi connectivity index (χ0v) is 15.1.